The average molecular weight is 457 g/mol. The Morgan fingerprint density at radius 2 is 1.50 bits per heavy atom. The highest BCUT2D eigenvalue weighted by atomic mass is 32.2. The minimum atomic E-state index is -3.90. The molecular formula is C25H32N2O4S. The molecule has 0 heterocycles. The van der Waals surface area contributed by atoms with E-state index in [4.69, 9.17) is 0 Å². The molecule has 0 spiro atoms. The second-order valence-electron chi connectivity index (χ2n) is 9.71. The second-order valence-corrected chi connectivity index (χ2v) is 11.9. The lowest BCUT2D eigenvalue weighted by Gasteiger charge is -2.28. The van der Waals surface area contributed by atoms with Crippen LogP contribution in [0, 0.1) is 19.3 Å². The van der Waals surface area contributed by atoms with Gasteiger partial charge in [0.05, 0.1) is 4.90 Å². The number of anilines is 2. The molecule has 0 saturated heterocycles. The quantitative estimate of drug-likeness (QED) is 0.661. The number of carbonyl (C=O) groups excluding carboxylic acids is 2. The first-order chi connectivity index (χ1) is 14.9. The van der Waals surface area contributed by atoms with Crippen LogP contribution in [0.5, 0.6) is 0 Å². The summed E-state index contributed by atoms with van der Waals surface area (Å²) >= 11 is 0. The van der Waals surface area contributed by atoms with Crippen LogP contribution in [-0.4, -0.2) is 25.0 Å². The van der Waals surface area contributed by atoms with Crippen LogP contribution in [0.3, 0.4) is 0 Å². The largest absolute Gasteiger partial charge is 0.326 e. The number of hydrogen-bond acceptors (Lipinski definition) is 4. The van der Waals surface area contributed by atoms with Gasteiger partial charge in [-0.15, -0.1) is 0 Å². The standard InChI is InChI=1S/C25H32N2O4S/c1-17-11-12-18(2)21(15-17)32(30,31)25(13-6-7-14-25)23(29)27-20-10-8-9-19(16-20)26-22(28)24(3,4)5/h8-12,15-16H,6-7,13-14H2,1-5H3,(H,26,28)(H,27,29). The Balaban J connectivity index is 1.92. The molecule has 0 atom stereocenters. The van der Waals surface area contributed by atoms with Crippen molar-refractivity contribution in [1.29, 1.82) is 0 Å². The summed E-state index contributed by atoms with van der Waals surface area (Å²) in [6.45, 7) is 9.05. The Hall–Kier alpha value is -2.67. The van der Waals surface area contributed by atoms with Gasteiger partial charge in [-0.1, -0.05) is 51.8 Å². The van der Waals surface area contributed by atoms with E-state index in [1.54, 1.807) is 43.3 Å². The molecule has 0 aromatic heterocycles. The Kier molecular flexibility index (Phi) is 6.52. The van der Waals surface area contributed by atoms with E-state index in [1.807, 2.05) is 33.8 Å². The van der Waals surface area contributed by atoms with E-state index in [0.717, 1.165) is 5.56 Å². The first kappa shape index (κ1) is 24.0. The molecule has 1 saturated carbocycles. The molecule has 0 aliphatic heterocycles. The van der Waals surface area contributed by atoms with Crippen molar-refractivity contribution in [3.8, 4) is 0 Å². The third kappa shape index (κ3) is 4.58. The molecule has 172 valence electrons. The molecular weight excluding hydrogens is 424 g/mol. The number of amides is 2. The molecule has 1 fully saturated rings. The van der Waals surface area contributed by atoms with Gasteiger partial charge in [-0.2, -0.15) is 0 Å². The van der Waals surface area contributed by atoms with E-state index in [9.17, 15) is 18.0 Å². The summed E-state index contributed by atoms with van der Waals surface area (Å²) in [4.78, 5) is 26.0. The fraction of sp³-hybridized carbons (Fsp3) is 0.440. The van der Waals surface area contributed by atoms with Crippen molar-refractivity contribution in [2.24, 2.45) is 5.41 Å². The van der Waals surface area contributed by atoms with Crippen LogP contribution in [0.4, 0.5) is 11.4 Å². The zero-order valence-corrected chi connectivity index (χ0v) is 20.2. The SMILES string of the molecule is Cc1ccc(C)c(S(=O)(=O)C2(C(=O)Nc3cccc(NC(=O)C(C)(C)C)c3)CCCC2)c1. The molecule has 3 rings (SSSR count). The van der Waals surface area contributed by atoms with E-state index in [-0.39, 0.29) is 23.6 Å². The lowest BCUT2D eigenvalue weighted by atomic mass is 9.95. The molecule has 0 bridgehead atoms. The minimum Gasteiger partial charge on any atom is -0.326 e. The number of aryl methyl sites for hydroxylation is 2. The third-order valence-corrected chi connectivity index (χ3v) is 8.67. The Morgan fingerprint density at radius 3 is 2.09 bits per heavy atom. The Labute approximate surface area is 190 Å². The first-order valence-corrected chi connectivity index (χ1v) is 12.4. The summed E-state index contributed by atoms with van der Waals surface area (Å²) in [5.74, 6) is -0.666. The fourth-order valence-electron chi connectivity index (χ4n) is 4.01. The second kappa shape index (κ2) is 8.70. The van der Waals surface area contributed by atoms with Gasteiger partial charge in [0.1, 0.15) is 0 Å². The molecule has 2 aromatic carbocycles. The molecule has 0 radical (unpaired) electrons. The van der Waals surface area contributed by atoms with Crippen molar-refractivity contribution >= 4 is 33.0 Å². The van der Waals surface area contributed by atoms with Gasteiger partial charge in [-0.25, -0.2) is 8.42 Å². The maximum Gasteiger partial charge on any atom is 0.246 e. The van der Waals surface area contributed by atoms with E-state index in [1.165, 1.54) is 0 Å². The minimum absolute atomic E-state index is 0.147. The smallest absolute Gasteiger partial charge is 0.246 e. The molecule has 7 heteroatoms. The van der Waals surface area contributed by atoms with Crippen LogP contribution in [0.1, 0.15) is 57.6 Å². The van der Waals surface area contributed by atoms with Gasteiger partial charge in [0.2, 0.25) is 11.8 Å². The van der Waals surface area contributed by atoms with E-state index < -0.39 is 25.9 Å². The highest BCUT2D eigenvalue weighted by Crippen LogP contribution is 2.42. The van der Waals surface area contributed by atoms with Gasteiger partial charge in [-0.3, -0.25) is 9.59 Å². The van der Waals surface area contributed by atoms with Crippen molar-refractivity contribution in [3.63, 3.8) is 0 Å². The normalized spacial score (nSPS) is 15.9. The highest BCUT2D eigenvalue weighted by Gasteiger charge is 2.53. The zero-order valence-electron chi connectivity index (χ0n) is 19.4. The molecule has 6 nitrogen and oxygen atoms in total. The molecule has 1 aliphatic carbocycles. The molecule has 32 heavy (non-hydrogen) atoms. The van der Waals surface area contributed by atoms with E-state index in [2.05, 4.69) is 10.6 Å². The number of hydrogen-bond donors (Lipinski definition) is 2. The van der Waals surface area contributed by atoms with Gasteiger partial charge >= 0.3 is 0 Å². The number of benzene rings is 2. The summed E-state index contributed by atoms with van der Waals surface area (Å²) in [6.07, 6.45) is 1.93. The van der Waals surface area contributed by atoms with Gasteiger partial charge in [0.25, 0.3) is 0 Å². The van der Waals surface area contributed by atoms with Crippen molar-refractivity contribution < 1.29 is 18.0 Å². The number of nitrogens with one attached hydrogen (secondary N) is 2. The van der Waals surface area contributed by atoms with Crippen LogP contribution in [-0.2, 0) is 19.4 Å². The summed E-state index contributed by atoms with van der Waals surface area (Å²) in [6, 6.07) is 12.1. The average Bonchev–Trinajstić information content (AvgIpc) is 3.21. The first-order valence-electron chi connectivity index (χ1n) is 10.9. The Bertz CT molecular complexity index is 1140. The molecule has 0 unspecified atom stereocenters. The van der Waals surface area contributed by atoms with Gasteiger partial charge in [0, 0.05) is 16.8 Å². The lowest BCUT2D eigenvalue weighted by Crippen LogP contribution is -2.47. The van der Waals surface area contributed by atoms with Crippen LogP contribution in [0.25, 0.3) is 0 Å². The maximum absolute atomic E-state index is 13.8. The monoisotopic (exact) mass is 456 g/mol. The zero-order chi connectivity index (χ0) is 23.7. The number of sulfone groups is 1. The topological polar surface area (TPSA) is 92.3 Å². The maximum atomic E-state index is 13.8. The molecule has 1 aliphatic rings. The van der Waals surface area contributed by atoms with Gasteiger partial charge in [-0.05, 0) is 62.1 Å². The molecule has 2 aromatic rings. The number of rotatable bonds is 5. The summed E-state index contributed by atoms with van der Waals surface area (Å²) < 4.78 is 26.0. The van der Waals surface area contributed by atoms with Crippen LogP contribution >= 0.6 is 0 Å². The fourth-order valence-corrected chi connectivity index (χ4v) is 6.38. The lowest BCUT2D eigenvalue weighted by molar-refractivity contribution is -0.123. The van der Waals surface area contributed by atoms with E-state index >= 15 is 0 Å². The van der Waals surface area contributed by atoms with Gasteiger partial charge < -0.3 is 10.6 Å². The highest BCUT2D eigenvalue weighted by molar-refractivity contribution is 7.93. The van der Waals surface area contributed by atoms with Crippen LogP contribution < -0.4 is 10.6 Å². The van der Waals surface area contributed by atoms with Crippen molar-refractivity contribution in [2.45, 2.75) is 69.9 Å². The van der Waals surface area contributed by atoms with Crippen molar-refractivity contribution in [1.82, 2.24) is 0 Å². The summed E-state index contributed by atoms with van der Waals surface area (Å²) in [5.41, 5.74) is 1.91. The molecule has 2 N–H and O–H groups in total. The van der Waals surface area contributed by atoms with Crippen LogP contribution in [0.15, 0.2) is 47.4 Å². The van der Waals surface area contributed by atoms with Gasteiger partial charge in [0.15, 0.2) is 14.6 Å². The predicted octanol–water partition coefficient (Wildman–Crippen LogP) is 5.01. The Morgan fingerprint density at radius 1 is 0.906 bits per heavy atom. The van der Waals surface area contributed by atoms with Crippen molar-refractivity contribution in [2.75, 3.05) is 10.6 Å². The van der Waals surface area contributed by atoms with Crippen molar-refractivity contribution in [3.05, 3.63) is 53.6 Å². The number of carbonyl (C=O) groups is 2. The van der Waals surface area contributed by atoms with E-state index in [0.29, 0.717) is 29.8 Å². The predicted molar refractivity (Wildman–Crippen MR) is 127 cm³/mol. The summed E-state index contributed by atoms with van der Waals surface area (Å²) in [5, 5.41) is 5.65. The van der Waals surface area contributed by atoms with Crippen LogP contribution in [0.2, 0.25) is 0 Å². The molecule has 2 amide bonds. The third-order valence-electron chi connectivity index (χ3n) is 6.03. The summed E-state index contributed by atoms with van der Waals surface area (Å²) in [7, 11) is -3.90.